The second kappa shape index (κ2) is 6.26. The average Bonchev–Trinajstić information content (AvgIpc) is 2.43. The Labute approximate surface area is 124 Å². The molecule has 0 bridgehead atoms. The first-order chi connectivity index (χ1) is 9.97. The van der Waals surface area contributed by atoms with E-state index in [1.54, 1.807) is 30.5 Å². The molecular formula is C16H19N3O2. The van der Waals surface area contributed by atoms with Crippen molar-refractivity contribution in [3.05, 3.63) is 47.7 Å². The highest BCUT2D eigenvalue weighted by molar-refractivity contribution is 6.05. The van der Waals surface area contributed by atoms with Crippen molar-refractivity contribution in [2.24, 2.45) is 0 Å². The van der Waals surface area contributed by atoms with E-state index in [9.17, 15) is 4.79 Å². The molecule has 0 saturated heterocycles. The van der Waals surface area contributed by atoms with Gasteiger partial charge in [-0.3, -0.25) is 4.79 Å². The fourth-order valence-electron chi connectivity index (χ4n) is 1.78. The molecule has 21 heavy (non-hydrogen) atoms. The number of nitrogens with two attached hydrogens (primary N) is 1. The number of benzene rings is 1. The summed E-state index contributed by atoms with van der Waals surface area (Å²) in [4.78, 5) is 16.4. The summed E-state index contributed by atoms with van der Waals surface area (Å²) >= 11 is 0. The number of aryl methyl sites for hydroxylation is 1. The van der Waals surface area contributed by atoms with Crippen LogP contribution < -0.4 is 15.8 Å². The van der Waals surface area contributed by atoms with Gasteiger partial charge in [0.25, 0.3) is 5.91 Å². The Balaban J connectivity index is 2.21. The monoisotopic (exact) mass is 285 g/mol. The van der Waals surface area contributed by atoms with Crippen LogP contribution in [0.2, 0.25) is 0 Å². The van der Waals surface area contributed by atoms with Gasteiger partial charge in [0, 0.05) is 17.4 Å². The van der Waals surface area contributed by atoms with E-state index < -0.39 is 0 Å². The predicted octanol–water partition coefficient (Wildman–Crippen LogP) is 3.01. The second-order valence-electron chi connectivity index (χ2n) is 5.05. The largest absolute Gasteiger partial charge is 0.473 e. The molecule has 1 amide bonds. The molecule has 0 aliphatic carbocycles. The zero-order valence-corrected chi connectivity index (χ0v) is 12.4. The van der Waals surface area contributed by atoms with Crippen molar-refractivity contribution in [1.29, 1.82) is 0 Å². The number of carbonyl (C=O) groups excluding carboxylic acids is 1. The summed E-state index contributed by atoms with van der Waals surface area (Å²) in [6, 6.07) is 8.70. The van der Waals surface area contributed by atoms with E-state index in [2.05, 4.69) is 10.3 Å². The van der Waals surface area contributed by atoms with Crippen molar-refractivity contribution in [1.82, 2.24) is 4.98 Å². The Hall–Kier alpha value is -2.56. The van der Waals surface area contributed by atoms with Crippen molar-refractivity contribution in [3.8, 4) is 5.88 Å². The van der Waals surface area contributed by atoms with E-state index in [0.717, 1.165) is 5.56 Å². The number of nitrogens with one attached hydrogen (secondary N) is 1. The molecule has 110 valence electrons. The number of aromatic nitrogens is 1. The number of anilines is 2. The van der Waals surface area contributed by atoms with Crippen LogP contribution in [0.15, 0.2) is 36.5 Å². The number of pyridine rings is 1. The van der Waals surface area contributed by atoms with Gasteiger partial charge < -0.3 is 15.8 Å². The molecule has 0 spiro atoms. The first kappa shape index (κ1) is 14.8. The maximum Gasteiger partial charge on any atom is 0.255 e. The van der Waals surface area contributed by atoms with Gasteiger partial charge in [-0.2, -0.15) is 0 Å². The molecule has 0 radical (unpaired) electrons. The summed E-state index contributed by atoms with van der Waals surface area (Å²) < 4.78 is 5.57. The minimum Gasteiger partial charge on any atom is -0.473 e. The van der Waals surface area contributed by atoms with Gasteiger partial charge in [0.2, 0.25) is 5.88 Å². The molecule has 0 aliphatic rings. The summed E-state index contributed by atoms with van der Waals surface area (Å²) in [5.74, 6) is 0.157. The Kier molecular flexibility index (Phi) is 4.42. The summed E-state index contributed by atoms with van der Waals surface area (Å²) in [5, 5.41) is 2.80. The SMILES string of the molecule is Cc1ccc(C(=O)Nc2cccnc2OC(C)C)cc1N. The maximum atomic E-state index is 12.3. The summed E-state index contributed by atoms with van der Waals surface area (Å²) in [6.45, 7) is 5.70. The number of ether oxygens (including phenoxy) is 1. The first-order valence-electron chi connectivity index (χ1n) is 6.76. The Bertz CT molecular complexity index is 654. The molecule has 0 unspecified atom stereocenters. The highest BCUT2D eigenvalue weighted by Gasteiger charge is 2.12. The zero-order chi connectivity index (χ0) is 15.4. The van der Waals surface area contributed by atoms with Gasteiger partial charge in [-0.25, -0.2) is 4.98 Å². The van der Waals surface area contributed by atoms with E-state index >= 15 is 0 Å². The van der Waals surface area contributed by atoms with Crippen LogP contribution in [0.3, 0.4) is 0 Å². The van der Waals surface area contributed by atoms with Crippen LogP contribution in [0.5, 0.6) is 5.88 Å². The van der Waals surface area contributed by atoms with Gasteiger partial charge >= 0.3 is 0 Å². The molecule has 0 aliphatic heterocycles. The third-order valence-corrected chi connectivity index (χ3v) is 2.91. The number of nitrogen functional groups attached to an aromatic ring is 1. The lowest BCUT2D eigenvalue weighted by atomic mass is 10.1. The Morgan fingerprint density at radius 1 is 1.33 bits per heavy atom. The molecule has 5 heteroatoms. The van der Waals surface area contributed by atoms with Crippen LogP contribution in [0, 0.1) is 6.92 Å². The molecule has 1 aromatic heterocycles. The molecule has 1 heterocycles. The number of hydrogen-bond acceptors (Lipinski definition) is 4. The molecule has 5 nitrogen and oxygen atoms in total. The van der Waals surface area contributed by atoms with Crippen LogP contribution in [0.25, 0.3) is 0 Å². The second-order valence-corrected chi connectivity index (χ2v) is 5.05. The van der Waals surface area contributed by atoms with Crippen LogP contribution >= 0.6 is 0 Å². The minimum absolute atomic E-state index is 0.0226. The molecule has 2 aromatic rings. The van der Waals surface area contributed by atoms with E-state index in [4.69, 9.17) is 10.5 Å². The molecule has 3 N–H and O–H groups in total. The van der Waals surface area contributed by atoms with E-state index in [-0.39, 0.29) is 12.0 Å². The van der Waals surface area contributed by atoms with Crippen molar-refractivity contribution in [3.63, 3.8) is 0 Å². The Morgan fingerprint density at radius 2 is 2.10 bits per heavy atom. The van der Waals surface area contributed by atoms with Crippen LogP contribution in [0.1, 0.15) is 29.8 Å². The lowest BCUT2D eigenvalue weighted by Crippen LogP contribution is -2.15. The van der Waals surface area contributed by atoms with Crippen molar-refractivity contribution >= 4 is 17.3 Å². The molecule has 0 fully saturated rings. The van der Waals surface area contributed by atoms with Gasteiger partial charge in [-0.15, -0.1) is 0 Å². The van der Waals surface area contributed by atoms with E-state index in [1.165, 1.54) is 0 Å². The zero-order valence-electron chi connectivity index (χ0n) is 12.4. The molecule has 2 rings (SSSR count). The summed E-state index contributed by atoms with van der Waals surface area (Å²) in [5.41, 5.74) is 8.40. The lowest BCUT2D eigenvalue weighted by molar-refractivity contribution is 0.102. The third-order valence-electron chi connectivity index (χ3n) is 2.91. The molecule has 0 saturated carbocycles. The van der Waals surface area contributed by atoms with Crippen molar-refractivity contribution in [2.45, 2.75) is 26.9 Å². The summed E-state index contributed by atoms with van der Waals surface area (Å²) in [6.07, 6.45) is 1.60. The predicted molar refractivity (Wildman–Crippen MR) is 83.5 cm³/mol. The highest BCUT2D eigenvalue weighted by atomic mass is 16.5. The fourth-order valence-corrected chi connectivity index (χ4v) is 1.78. The number of amides is 1. The maximum absolute atomic E-state index is 12.3. The molecular weight excluding hydrogens is 266 g/mol. The fraction of sp³-hybridized carbons (Fsp3) is 0.250. The standard InChI is InChI=1S/C16H19N3O2/c1-10(2)21-16-14(5-4-8-18-16)19-15(20)12-7-6-11(3)13(17)9-12/h4-10H,17H2,1-3H3,(H,19,20). The molecule has 1 aromatic carbocycles. The number of nitrogens with zero attached hydrogens (tertiary/aromatic N) is 1. The van der Waals surface area contributed by atoms with E-state index in [1.807, 2.05) is 26.8 Å². The quantitative estimate of drug-likeness (QED) is 0.846. The topological polar surface area (TPSA) is 77.2 Å². The minimum atomic E-state index is -0.247. The Morgan fingerprint density at radius 3 is 2.76 bits per heavy atom. The van der Waals surface area contributed by atoms with Gasteiger partial charge in [-0.1, -0.05) is 6.07 Å². The van der Waals surface area contributed by atoms with Crippen molar-refractivity contribution in [2.75, 3.05) is 11.1 Å². The van der Waals surface area contributed by atoms with Gasteiger partial charge in [-0.05, 0) is 50.6 Å². The normalized spacial score (nSPS) is 10.5. The highest BCUT2D eigenvalue weighted by Crippen LogP contribution is 2.23. The van der Waals surface area contributed by atoms with Crippen LogP contribution in [0.4, 0.5) is 11.4 Å². The van der Waals surface area contributed by atoms with Crippen LogP contribution in [-0.4, -0.2) is 17.0 Å². The van der Waals surface area contributed by atoms with Gasteiger partial charge in [0.1, 0.15) is 5.69 Å². The van der Waals surface area contributed by atoms with Crippen LogP contribution in [-0.2, 0) is 0 Å². The van der Waals surface area contributed by atoms with E-state index in [0.29, 0.717) is 22.8 Å². The number of hydrogen-bond donors (Lipinski definition) is 2. The van der Waals surface area contributed by atoms with Gasteiger partial charge in [0.05, 0.1) is 6.10 Å². The number of carbonyl (C=O) groups is 1. The number of rotatable bonds is 4. The first-order valence-corrected chi connectivity index (χ1v) is 6.76. The van der Waals surface area contributed by atoms with Gasteiger partial charge in [0.15, 0.2) is 0 Å². The average molecular weight is 285 g/mol. The van der Waals surface area contributed by atoms with Crippen molar-refractivity contribution < 1.29 is 9.53 Å². The smallest absolute Gasteiger partial charge is 0.255 e. The molecule has 0 atom stereocenters. The third kappa shape index (κ3) is 3.72. The summed E-state index contributed by atoms with van der Waals surface area (Å²) in [7, 11) is 0. The lowest BCUT2D eigenvalue weighted by Gasteiger charge is -2.13.